The van der Waals surface area contributed by atoms with Crippen LogP contribution in [0.5, 0.6) is 0 Å². The monoisotopic (exact) mass is 304 g/mol. The van der Waals surface area contributed by atoms with Crippen LogP contribution in [0.4, 0.5) is 18.3 Å². The molecule has 0 fully saturated rings. The number of aromatic nitrogens is 4. The zero-order valence-electron chi connectivity index (χ0n) is 10.3. The molecule has 0 atom stereocenters. The highest BCUT2D eigenvalue weighted by molar-refractivity contribution is 7.15. The summed E-state index contributed by atoms with van der Waals surface area (Å²) in [5, 5.41) is 7.62. The van der Waals surface area contributed by atoms with E-state index in [-0.39, 0.29) is 13.1 Å². The molecular weight excluding hydrogens is 293 g/mol. The van der Waals surface area contributed by atoms with Gasteiger partial charge in [0.1, 0.15) is 0 Å². The summed E-state index contributed by atoms with van der Waals surface area (Å²) in [7, 11) is 0. The second-order valence-electron chi connectivity index (χ2n) is 4.32. The Labute approximate surface area is 116 Å². The van der Waals surface area contributed by atoms with Crippen molar-refractivity contribution in [3.05, 3.63) is 22.7 Å². The Morgan fingerprint density at radius 1 is 1.30 bits per heavy atom. The van der Waals surface area contributed by atoms with Crippen molar-refractivity contribution in [3.63, 3.8) is 0 Å². The highest BCUT2D eigenvalue weighted by atomic mass is 32.1. The van der Waals surface area contributed by atoms with Crippen molar-refractivity contribution in [2.24, 2.45) is 5.73 Å². The van der Waals surface area contributed by atoms with Gasteiger partial charge in [-0.25, -0.2) is 4.98 Å². The third kappa shape index (κ3) is 2.24. The summed E-state index contributed by atoms with van der Waals surface area (Å²) >= 11 is 1.44. The maximum absolute atomic E-state index is 12.7. The van der Waals surface area contributed by atoms with Gasteiger partial charge in [0.25, 0.3) is 0 Å². The Hall–Kier alpha value is -1.68. The topological polar surface area (TPSA) is 72.9 Å². The molecular formula is C10H11F3N6S. The largest absolute Gasteiger partial charge is 0.451 e. The summed E-state index contributed by atoms with van der Waals surface area (Å²) in [4.78, 5) is 7.04. The van der Waals surface area contributed by atoms with Crippen molar-refractivity contribution < 1.29 is 13.2 Å². The number of hydrogen-bond donors (Lipinski definition) is 1. The number of hydrogen-bond acceptors (Lipinski definition) is 6. The molecule has 10 heteroatoms. The zero-order chi connectivity index (χ0) is 14.3. The van der Waals surface area contributed by atoms with E-state index in [2.05, 4.69) is 15.2 Å². The van der Waals surface area contributed by atoms with Crippen molar-refractivity contribution in [3.8, 4) is 0 Å². The maximum Gasteiger partial charge on any atom is 0.451 e. The molecule has 3 rings (SSSR count). The molecule has 0 amide bonds. The number of alkyl halides is 3. The van der Waals surface area contributed by atoms with Crippen molar-refractivity contribution in [1.82, 2.24) is 19.7 Å². The molecule has 3 heterocycles. The number of fused-ring (bicyclic) bond motifs is 1. The molecule has 108 valence electrons. The number of rotatable bonds is 2. The number of thiazole rings is 1. The van der Waals surface area contributed by atoms with Crippen molar-refractivity contribution in [1.29, 1.82) is 0 Å². The molecule has 0 saturated heterocycles. The Kier molecular flexibility index (Phi) is 3.13. The molecule has 6 nitrogen and oxygen atoms in total. The second kappa shape index (κ2) is 4.70. The van der Waals surface area contributed by atoms with Crippen molar-refractivity contribution >= 4 is 16.5 Å². The Morgan fingerprint density at radius 3 is 2.75 bits per heavy atom. The van der Waals surface area contributed by atoms with Crippen LogP contribution in [0, 0.1) is 0 Å². The van der Waals surface area contributed by atoms with Gasteiger partial charge in [0.2, 0.25) is 5.82 Å². The molecule has 2 aromatic heterocycles. The summed E-state index contributed by atoms with van der Waals surface area (Å²) in [6.45, 7) is 1.29. The molecule has 20 heavy (non-hydrogen) atoms. The summed E-state index contributed by atoms with van der Waals surface area (Å²) in [5.74, 6) is -0.637. The lowest BCUT2D eigenvalue weighted by molar-refractivity contribution is -0.147. The van der Waals surface area contributed by atoms with Crippen LogP contribution >= 0.6 is 11.3 Å². The van der Waals surface area contributed by atoms with Crippen LogP contribution in [0.2, 0.25) is 0 Å². The Balaban J connectivity index is 1.84. The first kappa shape index (κ1) is 13.3. The van der Waals surface area contributed by atoms with E-state index in [1.807, 2.05) is 4.90 Å². The summed E-state index contributed by atoms with van der Waals surface area (Å²) in [6.07, 6.45) is -2.79. The number of nitrogens with two attached hydrogens (primary N) is 1. The summed E-state index contributed by atoms with van der Waals surface area (Å²) in [6, 6.07) is 0. The van der Waals surface area contributed by atoms with Gasteiger partial charge in [0.05, 0.1) is 6.54 Å². The Bertz CT molecular complexity index is 619. The minimum Gasteiger partial charge on any atom is -0.339 e. The van der Waals surface area contributed by atoms with Gasteiger partial charge >= 0.3 is 6.18 Å². The average Bonchev–Trinajstić information content (AvgIpc) is 3.03. The molecule has 0 aromatic carbocycles. The molecule has 1 aliphatic heterocycles. The minimum absolute atomic E-state index is 0.189. The van der Waals surface area contributed by atoms with E-state index in [1.165, 1.54) is 11.3 Å². The van der Waals surface area contributed by atoms with E-state index >= 15 is 0 Å². The predicted molar refractivity (Wildman–Crippen MR) is 66.1 cm³/mol. The first-order chi connectivity index (χ1) is 9.49. The molecule has 0 saturated carbocycles. The lowest BCUT2D eigenvalue weighted by atomic mass is 10.3. The SMILES string of the molecule is NCc1cnc(N2CCn3c(nnc3C(F)(F)F)C2)s1. The van der Waals surface area contributed by atoms with Gasteiger partial charge in [0, 0.05) is 30.7 Å². The van der Waals surface area contributed by atoms with Crippen LogP contribution in [-0.2, 0) is 25.8 Å². The van der Waals surface area contributed by atoms with E-state index in [0.29, 0.717) is 18.9 Å². The maximum atomic E-state index is 12.7. The quantitative estimate of drug-likeness (QED) is 0.903. The van der Waals surface area contributed by atoms with Crippen LogP contribution in [0.15, 0.2) is 6.20 Å². The fourth-order valence-corrected chi connectivity index (χ4v) is 2.88. The number of nitrogens with zero attached hydrogens (tertiary/aromatic N) is 5. The lowest BCUT2D eigenvalue weighted by Crippen LogP contribution is -2.35. The van der Waals surface area contributed by atoms with Crippen LogP contribution < -0.4 is 10.6 Å². The van der Waals surface area contributed by atoms with Crippen LogP contribution in [-0.4, -0.2) is 26.3 Å². The highest BCUT2D eigenvalue weighted by Crippen LogP contribution is 2.31. The smallest absolute Gasteiger partial charge is 0.339 e. The standard InChI is InChI=1S/C10H11F3N6S/c11-10(12,13)8-17-16-7-5-18(1-2-19(7)8)9-15-4-6(3-14)20-9/h4H,1-3,5,14H2. The van der Waals surface area contributed by atoms with Gasteiger partial charge in [-0.15, -0.1) is 21.5 Å². The van der Waals surface area contributed by atoms with Crippen molar-refractivity contribution in [2.45, 2.75) is 25.8 Å². The van der Waals surface area contributed by atoms with Crippen LogP contribution in [0.3, 0.4) is 0 Å². The fourth-order valence-electron chi connectivity index (χ4n) is 2.07. The average molecular weight is 304 g/mol. The predicted octanol–water partition coefficient (Wildman–Crippen LogP) is 1.23. The molecule has 1 aliphatic rings. The number of anilines is 1. The van der Waals surface area contributed by atoms with E-state index in [0.717, 1.165) is 14.6 Å². The zero-order valence-corrected chi connectivity index (χ0v) is 11.1. The third-order valence-electron chi connectivity index (χ3n) is 3.02. The lowest BCUT2D eigenvalue weighted by Gasteiger charge is -2.27. The highest BCUT2D eigenvalue weighted by Gasteiger charge is 2.39. The van der Waals surface area contributed by atoms with Gasteiger partial charge in [-0.2, -0.15) is 13.2 Å². The number of halogens is 3. The van der Waals surface area contributed by atoms with Gasteiger partial charge in [0.15, 0.2) is 11.0 Å². The fraction of sp³-hybridized carbons (Fsp3) is 0.500. The summed E-state index contributed by atoms with van der Waals surface area (Å²) in [5.41, 5.74) is 5.52. The van der Waals surface area contributed by atoms with Crippen LogP contribution in [0.1, 0.15) is 16.5 Å². The van der Waals surface area contributed by atoms with E-state index < -0.39 is 12.0 Å². The van der Waals surface area contributed by atoms with Gasteiger partial charge < -0.3 is 15.2 Å². The normalized spacial score (nSPS) is 15.5. The van der Waals surface area contributed by atoms with Crippen LogP contribution in [0.25, 0.3) is 0 Å². The Morgan fingerprint density at radius 2 is 2.10 bits per heavy atom. The second-order valence-corrected chi connectivity index (χ2v) is 5.42. The van der Waals surface area contributed by atoms with E-state index in [4.69, 9.17) is 5.73 Å². The van der Waals surface area contributed by atoms with E-state index in [1.54, 1.807) is 6.20 Å². The summed E-state index contributed by atoms with van der Waals surface area (Å²) < 4.78 is 39.3. The first-order valence-electron chi connectivity index (χ1n) is 5.88. The molecule has 0 bridgehead atoms. The van der Waals surface area contributed by atoms with Crippen molar-refractivity contribution in [2.75, 3.05) is 11.4 Å². The molecule has 0 aliphatic carbocycles. The van der Waals surface area contributed by atoms with Gasteiger partial charge in [-0.05, 0) is 0 Å². The molecule has 2 aromatic rings. The third-order valence-corrected chi connectivity index (χ3v) is 4.10. The van der Waals surface area contributed by atoms with Gasteiger partial charge in [-0.1, -0.05) is 0 Å². The molecule has 0 radical (unpaired) electrons. The van der Waals surface area contributed by atoms with Gasteiger partial charge in [-0.3, -0.25) is 0 Å². The molecule has 2 N–H and O–H groups in total. The molecule has 0 spiro atoms. The minimum atomic E-state index is -4.47. The van der Waals surface area contributed by atoms with E-state index in [9.17, 15) is 13.2 Å². The molecule has 0 unspecified atom stereocenters. The first-order valence-corrected chi connectivity index (χ1v) is 6.69.